The lowest BCUT2D eigenvalue weighted by molar-refractivity contribution is -0.142. The van der Waals surface area contributed by atoms with Crippen LogP contribution in [0.1, 0.15) is 50.5 Å². The van der Waals surface area contributed by atoms with Gasteiger partial charge in [-0.25, -0.2) is 4.79 Å². The van der Waals surface area contributed by atoms with Crippen LogP contribution in [0.4, 0.5) is 0 Å². The van der Waals surface area contributed by atoms with Gasteiger partial charge in [0.15, 0.2) is 5.96 Å². The second-order valence-corrected chi connectivity index (χ2v) is 9.56. The Morgan fingerprint density at radius 1 is 0.780 bits per heavy atom. The Morgan fingerprint density at radius 2 is 1.34 bits per heavy atom. The predicted molar refractivity (Wildman–Crippen MR) is 153 cm³/mol. The molecule has 0 spiro atoms. The Hall–Kier alpha value is -4.24. The molecule has 41 heavy (non-hydrogen) atoms. The number of amides is 4. The number of carboxylic acids is 1. The van der Waals surface area contributed by atoms with Crippen LogP contribution in [0.25, 0.3) is 0 Å². The average molecular weight is 578 g/mol. The van der Waals surface area contributed by atoms with E-state index in [1.165, 1.54) is 0 Å². The van der Waals surface area contributed by atoms with Gasteiger partial charge in [0.05, 0.1) is 6.04 Å². The van der Waals surface area contributed by atoms with Gasteiger partial charge in [0.25, 0.3) is 0 Å². The number of primary amides is 1. The number of nitrogens with two attached hydrogens (primary N) is 5. The van der Waals surface area contributed by atoms with Gasteiger partial charge >= 0.3 is 5.97 Å². The van der Waals surface area contributed by atoms with Gasteiger partial charge in [0.1, 0.15) is 18.1 Å². The third-order valence-electron chi connectivity index (χ3n) is 6.09. The number of carbonyl (C=O) groups is 5. The van der Waals surface area contributed by atoms with E-state index in [9.17, 15) is 29.1 Å². The summed E-state index contributed by atoms with van der Waals surface area (Å²) in [5, 5.41) is 17.1. The number of nitrogens with one attached hydrogen (secondary N) is 3. The standard InChI is InChI=1S/C26H43N9O6/c27-13-5-4-9-18(33-22(37)17(28)15-16-7-2-1-3-8-16)23(38)34-19(10-6-14-32-26(30)31)24(39)35-20(25(40)41)11-12-21(29)36/h1-3,7-8,17-20H,4-6,9-15,27-28H2,(H2,29,36)(H,33,37)(H,34,38)(H,35,39)(H,40,41)(H4,30,31,32). The van der Waals surface area contributed by atoms with Gasteiger partial charge < -0.3 is 49.7 Å². The number of unbranched alkanes of at least 4 members (excludes halogenated alkanes) is 1. The minimum Gasteiger partial charge on any atom is -0.480 e. The Kier molecular flexibility index (Phi) is 16.1. The third-order valence-corrected chi connectivity index (χ3v) is 6.09. The maximum Gasteiger partial charge on any atom is 0.326 e. The lowest BCUT2D eigenvalue weighted by Gasteiger charge is -2.25. The fraction of sp³-hybridized carbons (Fsp3) is 0.538. The number of aliphatic imine (C=N–C) groups is 1. The first-order valence-electron chi connectivity index (χ1n) is 13.4. The van der Waals surface area contributed by atoms with E-state index in [1.807, 2.05) is 30.3 Å². The molecule has 1 aromatic carbocycles. The van der Waals surface area contributed by atoms with Crippen LogP contribution in [0.3, 0.4) is 0 Å². The zero-order valence-corrected chi connectivity index (χ0v) is 23.1. The van der Waals surface area contributed by atoms with Crippen molar-refractivity contribution >= 4 is 35.6 Å². The van der Waals surface area contributed by atoms with Gasteiger partial charge in [-0.15, -0.1) is 0 Å². The zero-order valence-electron chi connectivity index (χ0n) is 23.1. The molecular weight excluding hydrogens is 534 g/mol. The van der Waals surface area contributed by atoms with Crippen LogP contribution in [0.5, 0.6) is 0 Å². The number of hydrogen-bond donors (Lipinski definition) is 9. The molecule has 4 unspecified atom stereocenters. The molecule has 0 aliphatic rings. The molecule has 0 radical (unpaired) electrons. The summed E-state index contributed by atoms with van der Waals surface area (Å²) in [6, 6.07) is 4.58. The lowest BCUT2D eigenvalue weighted by Crippen LogP contribution is -2.57. The highest BCUT2D eigenvalue weighted by Gasteiger charge is 2.30. The van der Waals surface area contributed by atoms with Gasteiger partial charge in [-0.05, 0) is 57.1 Å². The molecule has 0 saturated carbocycles. The number of carboxylic acid groups (broad SMARTS) is 1. The number of benzene rings is 1. The van der Waals surface area contributed by atoms with Crippen LogP contribution in [0.2, 0.25) is 0 Å². The van der Waals surface area contributed by atoms with Crippen LogP contribution in [0.15, 0.2) is 35.3 Å². The van der Waals surface area contributed by atoms with Crippen LogP contribution in [-0.4, -0.2) is 77.9 Å². The number of guanidine groups is 1. The number of rotatable bonds is 20. The molecule has 0 saturated heterocycles. The zero-order chi connectivity index (χ0) is 30.8. The fourth-order valence-electron chi connectivity index (χ4n) is 3.86. The van der Waals surface area contributed by atoms with Crippen molar-refractivity contribution in [3.63, 3.8) is 0 Å². The first-order valence-corrected chi connectivity index (χ1v) is 13.4. The lowest BCUT2D eigenvalue weighted by atomic mass is 10.0. The van der Waals surface area contributed by atoms with Crippen LogP contribution < -0.4 is 44.6 Å². The molecule has 14 N–H and O–H groups in total. The average Bonchev–Trinajstić information content (AvgIpc) is 2.91. The summed E-state index contributed by atoms with van der Waals surface area (Å²) in [6.45, 7) is 0.532. The van der Waals surface area contributed by atoms with Crippen molar-refractivity contribution in [2.24, 2.45) is 33.7 Å². The highest BCUT2D eigenvalue weighted by Crippen LogP contribution is 2.08. The molecule has 15 nitrogen and oxygen atoms in total. The molecule has 0 aliphatic carbocycles. The summed E-state index contributed by atoms with van der Waals surface area (Å²) in [7, 11) is 0. The summed E-state index contributed by atoms with van der Waals surface area (Å²) in [5.74, 6) is -4.26. The second-order valence-electron chi connectivity index (χ2n) is 9.56. The van der Waals surface area contributed by atoms with E-state index in [2.05, 4.69) is 20.9 Å². The summed E-state index contributed by atoms with van der Waals surface area (Å²) in [6.07, 6.45) is 1.40. The minimum absolute atomic E-state index is 0.0491. The first-order chi connectivity index (χ1) is 19.4. The monoisotopic (exact) mass is 577 g/mol. The highest BCUT2D eigenvalue weighted by atomic mass is 16.4. The normalized spacial score (nSPS) is 13.6. The summed E-state index contributed by atoms with van der Waals surface area (Å²) in [4.78, 5) is 65.9. The molecule has 1 rings (SSSR count). The van der Waals surface area contributed by atoms with Crippen LogP contribution >= 0.6 is 0 Å². The van der Waals surface area contributed by atoms with Gasteiger partial charge in [-0.3, -0.25) is 24.2 Å². The third kappa shape index (κ3) is 14.6. The first kappa shape index (κ1) is 34.8. The van der Waals surface area contributed by atoms with Crippen LogP contribution in [-0.2, 0) is 30.4 Å². The summed E-state index contributed by atoms with van der Waals surface area (Å²) >= 11 is 0. The molecule has 0 aliphatic heterocycles. The molecule has 4 amide bonds. The summed E-state index contributed by atoms with van der Waals surface area (Å²) < 4.78 is 0. The van der Waals surface area contributed by atoms with Crippen molar-refractivity contribution in [1.29, 1.82) is 0 Å². The maximum atomic E-state index is 13.3. The molecule has 1 aromatic rings. The second kappa shape index (κ2) is 18.9. The number of hydrogen-bond acceptors (Lipinski definition) is 8. The van der Waals surface area contributed by atoms with E-state index in [-0.39, 0.29) is 51.0 Å². The van der Waals surface area contributed by atoms with Crippen molar-refractivity contribution in [1.82, 2.24) is 16.0 Å². The van der Waals surface area contributed by atoms with Crippen molar-refractivity contribution in [3.8, 4) is 0 Å². The van der Waals surface area contributed by atoms with Gasteiger partial charge in [-0.2, -0.15) is 0 Å². The van der Waals surface area contributed by atoms with Crippen LogP contribution in [0, 0.1) is 0 Å². The van der Waals surface area contributed by atoms with E-state index in [0.29, 0.717) is 19.4 Å². The molecule has 0 fully saturated rings. The Bertz CT molecular complexity index is 1030. The topological polar surface area (TPSA) is 284 Å². The van der Waals surface area contributed by atoms with Crippen molar-refractivity contribution in [2.45, 2.75) is 75.5 Å². The molecule has 0 heterocycles. The number of aliphatic carboxylic acids is 1. The van der Waals surface area contributed by atoms with Crippen molar-refractivity contribution in [2.75, 3.05) is 13.1 Å². The molecule has 0 aromatic heterocycles. The predicted octanol–water partition coefficient (Wildman–Crippen LogP) is -2.46. The smallest absolute Gasteiger partial charge is 0.326 e. The van der Waals surface area contributed by atoms with E-state index in [1.54, 1.807) is 0 Å². The maximum absolute atomic E-state index is 13.3. The van der Waals surface area contributed by atoms with Gasteiger partial charge in [0, 0.05) is 13.0 Å². The number of carbonyl (C=O) groups excluding carboxylic acids is 4. The highest BCUT2D eigenvalue weighted by molar-refractivity contribution is 5.94. The largest absolute Gasteiger partial charge is 0.480 e. The van der Waals surface area contributed by atoms with Crippen molar-refractivity contribution in [3.05, 3.63) is 35.9 Å². The Morgan fingerprint density at radius 3 is 1.88 bits per heavy atom. The van der Waals surface area contributed by atoms with Gasteiger partial charge in [0.2, 0.25) is 23.6 Å². The molecule has 4 atom stereocenters. The molecule has 15 heteroatoms. The van der Waals surface area contributed by atoms with E-state index in [4.69, 9.17) is 28.7 Å². The van der Waals surface area contributed by atoms with Gasteiger partial charge in [-0.1, -0.05) is 30.3 Å². The quantitative estimate of drug-likeness (QED) is 0.0447. The minimum atomic E-state index is -1.41. The van der Waals surface area contributed by atoms with E-state index in [0.717, 1.165) is 5.56 Å². The summed E-state index contributed by atoms with van der Waals surface area (Å²) in [5.41, 5.74) is 28.3. The fourth-order valence-corrected chi connectivity index (χ4v) is 3.86. The van der Waals surface area contributed by atoms with E-state index >= 15 is 0 Å². The SMILES string of the molecule is NCCCCC(NC(=O)C(N)Cc1ccccc1)C(=O)NC(CCCN=C(N)N)C(=O)NC(CCC(N)=O)C(=O)O. The Balaban J connectivity index is 3.04. The Labute approximate surface area is 239 Å². The molecule has 0 bridgehead atoms. The van der Waals surface area contributed by atoms with E-state index < -0.39 is 53.8 Å². The number of nitrogens with zero attached hydrogens (tertiary/aromatic N) is 1. The van der Waals surface area contributed by atoms with Crippen molar-refractivity contribution < 1.29 is 29.1 Å². The molecule has 228 valence electrons. The molecular formula is C26H43N9O6.